The summed E-state index contributed by atoms with van der Waals surface area (Å²) in [5, 5.41) is 2.97. The molecular weight excluding hydrogens is 577 g/mol. The van der Waals surface area contributed by atoms with E-state index in [2.05, 4.69) is 5.32 Å². The zero-order valence-corrected chi connectivity index (χ0v) is 26.0. The van der Waals surface area contributed by atoms with E-state index in [9.17, 15) is 22.4 Å². The molecule has 2 amide bonds. The van der Waals surface area contributed by atoms with Crippen LogP contribution in [0, 0.1) is 12.7 Å². The van der Waals surface area contributed by atoms with Crippen molar-refractivity contribution in [3.63, 3.8) is 0 Å². The van der Waals surface area contributed by atoms with Crippen molar-refractivity contribution in [3.05, 3.63) is 132 Å². The van der Waals surface area contributed by atoms with E-state index in [1.54, 1.807) is 60.7 Å². The van der Waals surface area contributed by atoms with Crippen molar-refractivity contribution in [2.45, 2.75) is 57.1 Å². The fourth-order valence-corrected chi connectivity index (χ4v) is 6.18. The minimum absolute atomic E-state index is 0.0238. The molecule has 0 aliphatic carbocycles. The average molecular weight is 616 g/mol. The summed E-state index contributed by atoms with van der Waals surface area (Å²) in [5.41, 5.74) is 2.19. The summed E-state index contributed by atoms with van der Waals surface area (Å²) in [7, 11) is -4.20. The van der Waals surface area contributed by atoms with Crippen molar-refractivity contribution >= 4 is 27.5 Å². The van der Waals surface area contributed by atoms with Crippen LogP contribution in [0.4, 0.5) is 10.1 Å². The first-order chi connectivity index (χ1) is 21.1. The molecule has 0 aromatic heterocycles. The molecule has 0 spiro atoms. The topological polar surface area (TPSA) is 86.8 Å². The minimum Gasteiger partial charge on any atom is -0.352 e. The van der Waals surface area contributed by atoms with Gasteiger partial charge in [-0.25, -0.2) is 12.8 Å². The zero-order chi connectivity index (χ0) is 31.7. The first-order valence-electron chi connectivity index (χ1n) is 14.6. The van der Waals surface area contributed by atoms with Gasteiger partial charge >= 0.3 is 0 Å². The maximum absolute atomic E-state index is 15.0. The lowest BCUT2D eigenvalue weighted by atomic mass is 10.0. The lowest BCUT2D eigenvalue weighted by molar-refractivity contribution is -0.140. The van der Waals surface area contributed by atoms with Crippen LogP contribution in [0.1, 0.15) is 37.0 Å². The molecule has 0 bridgehead atoms. The number of benzene rings is 4. The van der Waals surface area contributed by atoms with Gasteiger partial charge in [0.15, 0.2) is 0 Å². The summed E-state index contributed by atoms with van der Waals surface area (Å²) < 4.78 is 44.1. The fraction of sp³-hybridized carbons (Fsp3) is 0.257. The van der Waals surface area contributed by atoms with Gasteiger partial charge in [0.1, 0.15) is 18.4 Å². The second kappa shape index (κ2) is 14.8. The molecule has 44 heavy (non-hydrogen) atoms. The number of carbonyl (C=O) groups is 2. The summed E-state index contributed by atoms with van der Waals surface area (Å²) in [6.07, 6.45) is 0.820. The molecular formula is C35H38FN3O4S. The van der Waals surface area contributed by atoms with Crippen molar-refractivity contribution < 1.29 is 22.4 Å². The lowest BCUT2D eigenvalue weighted by Crippen LogP contribution is -2.54. The molecule has 4 aromatic carbocycles. The van der Waals surface area contributed by atoms with Crippen molar-refractivity contribution in [1.29, 1.82) is 0 Å². The fourth-order valence-electron chi connectivity index (χ4n) is 4.77. The smallest absolute Gasteiger partial charge is 0.264 e. The molecule has 0 heterocycles. The molecule has 2 atom stereocenters. The first-order valence-corrected chi connectivity index (χ1v) is 16.1. The molecule has 230 valence electrons. The third-order valence-electron chi connectivity index (χ3n) is 7.50. The van der Waals surface area contributed by atoms with E-state index in [0.717, 1.165) is 15.4 Å². The van der Waals surface area contributed by atoms with Gasteiger partial charge in [-0.05, 0) is 56.2 Å². The predicted molar refractivity (Wildman–Crippen MR) is 171 cm³/mol. The monoisotopic (exact) mass is 615 g/mol. The van der Waals surface area contributed by atoms with Crippen molar-refractivity contribution in [3.8, 4) is 0 Å². The van der Waals surface area contributed by atoms with Crippen molar-refractivity contribution in [2.24, 2.45) is 0 Å². The summed E-state index contributed by atoms with van der Waals surface area (Å²) in [6.45, 7) is 4.83. The number of sulfonamides is 1. The number of anilines is 1. The predicted octanol–water partition coefficient (Wildman–Crippen LogP) is 5.88. The van der Waals surface area contributed by atoms with E-state index in [0.29, 0.717) is 6.42 Å². The normalized spacial score (nSPS) is 12.6. The van der Waals surface area contributed by atoms with Crippen molar-refractivity contribution in [1.82, 2.24) is 10.2 Å². The Balaban J connectivity index is 1.80. The second-order valence-electron chi connectivity index (χ2n) is 10.8. The highest BCUT2D eigenvalue weighted by Crippen LogP contribution is 2.25. The number of para-hydroxylation sites is 1. The number of halogens is 1. The first kappa shape index (κ1) is 32.4. The number of amides is 2. The van der Waals surface area contributed by atoms with Gasteiger partial charge in [0.2, 0.25) is 11.8 Å². The number of carbonyl (C=O) groups excluding carboxylic acids is 2. The van der Waals surface area contributed by atoms with E-state index in [-0.39, 0.29) is 35.2 Å². The van der Waals surface area contributed by atoms with E-state index in [1.807, 2.05) is 51.1 Å². The Labute approximate surface area is 259 Å². The summed E-state index contributed by atoms with van der Waals surface area (Å²) in [4.78, 5) is 29.5. The average Bonchev–Trinajstić information content (AvgIpc) is 3.03. The molecule has 0 saturated heterocycles. The maximum atomic E-state index is 15.0. The number of nitrogens with zero attached hydrogens (tertiary/aromatic N) is 2. The molecule has 0 fully saturated rings. The van der Waals surface area contributed by atoms with E-state index >= 15 is 0 Å². The Morgan fingerprint density at radius 2 is 1.43 bits per heavy atom. The summed E-state index contributed by atoms with van der Waals surface area (Å²) in [5.74, 6) is -1.58. The molecule has 4 aromatic rings. The van der Waals surface area contributed by atoms with E-state index in [1.165, 1.54) is 23.1 Å². The molecule has 0 aliphatic heterocycles. The molecule has 4 rings (SSSR count). The Hall–Kier alpha value is -4.50. The van der Waals surface area contributed by atoms with Gasteiger partial charge in [-0.2, -0.15) is 0 Å². The molecule has 2 unspecified atom stereocenters. The minimum atomic E-state index is -4.20. The number of nitrogens with one attached hydrogen (secondary N) is 1. The van der Waals surface area contributed by atoms with Gasteiger partial charge in [-0.15, -0.1) is 0 Å². The van der Waals surface area contributed by atoms with Crippen LogP contribution < -0.4 is 9.62 Å². The third kappa shape index (κ3) is 8.11. The standard InChI is InChI=1S/C35H38FN3O4S/c1-4-27(3)37-35(41)33(23-28-13-7-5-8-14-28)38(24-29-15-11-12-18-32(29)36)34(40)25-39(30-16-9-6-10-17-30)44(42,43)31-21-19-26(2)20-22-31/h5-22,27,33H,4,23-25H2,1-3H3,(H,37,41). The van der Waals surface area contributed by atoms with Gasteiger partial charge in [0.05, 0.1) is 10.6 Å². The Kier molecular flexibility index (Phi) is 10.9. The highest BCUT2D eigenvalue weighted by molar-refractivity contribution is 7.92. The van der Waals surface area contributed by atoms with Crippen LogP contribution in [-0.4, -0.2) is 43.8 Å². The Bertz CT molecular complexity index is 1650. The van der Waals surface area contributed by atoms with Gasteiger partial charge < -0.3 is 10.2 Å². The molecule has 0 radical (unpaired) electrons. The van der Waals surface area contributed by atoms with Crippen LogP contribution in [0.5, 0.6) is 0 Å². The van der Waals surface area contributed by atoms with Gasteiger partial charge in [-0.3, -0.25) is 13.9 Å². The second-order valence-corrected chi connectivity index (χ2v) is 12.7. The number of aryl methyl sites for hydroxylation is 1. The van der Waals surface area contributed by atoms with Crippen LogP contribution in [0.25, 0.3) is 0 Å². The quantitative estimate of drug-likeness (QED) is 0.203. The molecule has 0 aliphatic rings. The molecule has 1 N–H and O–H groups in total. The van der Waals surface area contributed by atoms with Crippen LogP contribution in [0.15, 0.2) is 114 Å². The summed E-state index contributed by atoms with van der Waals surface area (Å²) >= 11 is 0. The van der Waals surface area contributed by atoms with E-state index < -0.39 is 40.2 Å². The molecule has 0 saturated carbocycles. The van der Waals surface area contributed by atoms with Crippen LogP contribution in [0.2, 0.25) is 0 Å². The third-order valence-corrected chi connectivity index (χ3v) is 9.29. The lowest BCUT2D eigenvalue weighted by Gasteiger charge is -2.34. The summed E-state index contributed by atoms with van der Waals surface area (Å²) in [6, 6.07) is 28.8. The van der Waals surface area contributed by atoms with Crippen molar-refractivity contribution in [2.75, 3.05) is 10.8 Å². The molecule has 7 nitrogen and oxygen atoms in total. The number of hydrogen-bond donors (Lipinski definition) is 1. The largest absolute Gasteiger partial charge is 0.352 e. The SMILES string of the molecule is CCC(C)NC(=O)C(Cc1ccccc1)N(Cc1ccccc1F)C(=O)CN(c1ccccc1)S(=O)(=O)c1ccc(C)cc1. The molecule has 9 heteroatoms. The number of hydrogen-bond acceptors (Lipinski definition) is 4. The van der Waals surface area contributed by atoms with Gasteiger partial charge in [0, 0.05) is 24.6 Å². The van der Waals surface area contributed by atoms with Crippen LogP contribution in [0.3, 0.4) is 0 Å². The van der Waals surface area contributed by atoms with E-state index in [4.69, 9.17) is 0 Å². The van der Waals surface area contributed by atoms with Gasteiger partial charge in [-0.1, -0.05) is 91.3 Å². The van der Waals surface area contributed by atoms with Gasteiger partial charge in [0.25, 0.3) is 10.0 Å². The Morgan fingerprint density at radius 3 is 2.05 bits per heavy atom. The Morgan fingerprint density at radius 1 is 0.841 bits per heavy atom. The highest BCUT2D eigenvalue weighted by atomic mass is 32.2. The maximum Gasteiger partial charge on any atom is 0.264 e. The zero-order valence-electron chi connectivity index (χ0n) is 25.2. The number of rotatable bonds is 13. The van der Waals surface area contributed by atoms with Crippen LogP contribution >= 0.6 is 0 Å². The van der Waals surface area contributed by atoms with Crippen LogP contribution in [-0.2, 0) is 32.6 Å². The highest BCUT2D eigenvalue weighted by Gasteiger charge is 2.35.